The van der Waals surface area contributed by atoms with Gasteiger partial charge in [-0.1, -0.05) is 6.07 Å². The minimum atomic E-state index is -0.285. The number of thiocarbonyl (C=S) groups is 1. The largest absolute Gasteiger partial charge is 0.491 e. The van der Waals surface area contributed by atoms with Crippen molar-refractivity contribution in [2.24, 2.45) is 0 Å². The van der Waals surface area contributed by atoms with E-state index in [2.05, 4.69) is 10.3 Å². The van der Waals surface area contributed by atoms with Gasteiger partial charge in [0.05, 0.1) is 17.8 Å². The molecular formula is C27H24FN3O2S. The summed E-state index contributed by atoms with van der Waals surface area (Å²) < 4.78 is 25.5. The molecule has 3 heterocycles. The molecule has 5 nitrogen and oxygen atoms in total. The molecular weight excluding hydrogens is 449 g/mol. The van der Waals surface area contributed by atoms with Gasteiger partial charge in [-0.25, -0.2) is 4.39 Å². The second-order valence-electron chi connectivity index (χ2n) is 8.37. The molecule has 0 amide bonds. The number of ether oxygens (including phenoxy) is 1. The van der Waals surface area contributed by atoms with E-state index in [-0.39, 0.29) is 24.0 Å². The fraction of sp³-hybridized carbons (Fsp3) is 0.185. The van der Waals surface area contributed by atoms with Crippen molar-refractivity contribution in [3.8, 4) is 17.1 Å². The van der Waals surface area contributed by atoms with E-state index in [0.29, 0.717) is 10.9 Å². The predicted octanol–water partition coefficient (Wildman–Crippen LogP) is 6.45. The average molecular weight is 474 g/mol. The first-order chi connectivity index (χ1) is 16.5. The van der Waals surface area contributed by atoms with Gasteiger partial charge >= 0.3 is 0 Å². The SMILES string of the molecule is CC(C)Oc1ccc(N2C(=S)N[C@@H](c3ccccn3)[C@@H]2c2ccc(-c3ccc(F)cc3)o2)cc1. The number of hydrogen-bond donors (Lipinski definition) is 1. The highest BCUT2D eigenvalue weighted by molar-refractivity contribution is 7.80. The van der Waals surface area contributed by atoms with Crippen LogP contribution in [0.15, 0.2) is 89.5 Å². The van der Waals surface area contributed by atoms with Crippen molar-refractivity contribution in [1.29, 1.82) is 0 Å². The summed E-state index contributed by atoms with van der Waals surface area (Å²) in [4.78, 5) is 6.61. The molecule has 34 heavy (non-hydrogen) atoms. The molecule has 4 aromatic rings. The highest BCUT2D eigenvalue weighted by atomic mass is 32.1. The summed E-state index contributed by atoms with van der Waals surface area (Å²) in [5, 5.41) is 4.01. The maximum atomic E-state index is 13.4. The maximum Gasteiger partial charge on any atom is 0.174 e. The van der Waals surface area contributed by atoms with E-state index in [1.54, 1.807) is 18.3 Å². The van der Waals surface area contributed by atoms with Crippen LogP contribution in [0, 0.1) is 5.82 Å². The van der Waals surface area contributed by atoms with Gasteiger partial charge in [-0.15, -0.1) is 0 Å². The van der Waals surface area contributed by atoms with Crippen LogP contribution in [-0.2, 0) is 0 Å². The van der Waals surface area contributed by atoms with Gasteiger partial charge < -0.3 is 19.4 Å². The third-order valence-electron chi connectivity index (χ3n) is 5.63. The second-order valence-corrected chi connectivity index (χ2v) is 8.75. The number of halogens is 1. The van der Waals surface area contributed by atoms with Crippen LogP contribution < -0.4 is 15.0 Å². The van der Waals surface area contributed by atoms with Crippen LogP contribution in [0.3, 0.4) is 0 Å². The van der Waals surface area contributed by atoms with Crippen LogP contribution >= 0.6 is 12.2 Å². The molecule has 1 aliphatic rings. The highest BCUT2D eigenvalue weighted by Crippen LogP contribution is 2.43. The molecule has 5 rings (SSSR count). The lowest BCUT2D eigenvalue weighted by Gasteiger charge is -2.26. The van der Waals surface area contributed by atoms with Crippen LogP contribution in [0.1, 0.15) is 37.4 Å². The Morgan fingerprint density at radius 3 is 2.44 bits per heavy atom. The minimum Gasteiger partial charge on any atom is -0.491 e. The van der Waals surface area contributed by atoms with E-state index in [1.807, 2.05) is 73.3 Å². The van der Waals surface area contributed by atoms with Crippen LogP contribution in [0.5, 0.6) is 5.75 Å². The van der Waals surface area contributed by atoms with E-state index < -0.39 is 0 Å². The molecule has 2 atom stereocenters. The number of furan rings is 1. The molecule has 1 N–H and O–H groups in total. The lowest BCUT2D eigenvalue weighted by atomic mass is 10.0. The van der Waals surface area contributed by atoms with Gasteiger partial charge in [0, 0.05) is 17.4 Å². The van der Waals surface area contributed by atoms with Crippen molar-refractivity contribution in [3.05, 3.63) is 102 Å². The zero-order valence-corrected chi connectivity index (χ0v) is 19.6. The first-order valence-corrected chi connectivity index (χ1v) is 11.5. The van der Waals surface area contributed by atoms with E-state index in [1.165, 1.54) is 12.1 Å². The number of hydrogen-bond acceptors (Lipinski definition) is 4. The van der Waals surface area contributed by atoms with Gasteiger partial charge in [0.25, 0.3) is 0 Å². The molecule has 1 fully saturated rings. The van der Waals surface area contributed by atoms with Crippen molar-refractivity contribution in [2.75, 3.05) is 4.90 Å². The molecule has 0 aliphatic carbocycles. The Bertz CT molecular complexity index is 1270. The number of nitrogens with one attached hydrogen (secondary N) is 1. The number of nitrogens with zero attached hydrogens (tertiary/aromatic N) is 2. The number of pyridine rings is 1. The monoisotopic (exact) mass is 473 g/mol. The Balaban J connectivity index is 1.54. The number of rotatable bonds is 6. The van der Waals surface area contributed by atoms with E-state index in [4.69, 9.17) is 21.4 Å². The molecule has 1 aliphatic heterocycles. The Labute approximate surface area is 203 Å². The Kier molecular flexibility index (Phi) is 6.02. The minimum absolute atomic E-state index is 0.0923. The summed E-state index contributed by atoms with van der Waals surface area (Å²) in [5.41, 5.74) is 2.57. The molecule has 0 radical (unpaired) electrons. The van der Waals surface area contributed by atoms with Gasteiger partial charge in [-0.2, -0.15) is 0 Å². The molecule has 172 valence electrons. The zero-order valence-electron chi connectivity index (χ0n) is 18.8. The van der Waals surface area contributed by atoms with Crippen LogP contribution in [0.25, 0.3) is 11.3 Å². The second kappa shape index (κ2) is 9.27. The molecule has 0 spiro atoms. The zero-order chi connectivity index (χ0) is 23.7. The van der Waals surface area contributed by atoms with Gasteiger partial charge in [0.15, 0.2) is 5.11 Å². The summed E-state index contributed by atoms with van der Waals surface area (Å²) in [7, 11) is 0. The van der Waals surface area contributed by atoms with Gasteiger partial charge in [-0.05, 0) is 98.9 Å². The molecule has 2 aromatic carbocycles. The van der Waals surface area contributed by atoms with Crippen molar-refractivity contribution in [3.63, 3.8) is 0 Å². The number of aromatic nitrogens is 1. The van der Waals surface area contributed by atoms with Crippen LogP contribution in [0.4, 0.5) is 10.1 Å². The summed E-state index contributed by atoms with van der Waals surface area (Å²) in [6, 6.07) is 23.3. The fourth-order valence-corrected chi connectivity index (χ4v) is 4.51. The third kappa shape index (κ3) is 4.39. The molecule has 0 unspecified atom stereocenters. The van der Waals surface area contributed by atoms with Crippen molar-refractivity contribution in [1.82, 2.24) is 10.3 Å². The molecule has 0 bridgehead atoms. The molecule has 7 heteroatoms. The lowest BCUT2D eigenvalue weighted by Crippen LogP contribution is -2.29. The van der Waals surface area contributed by atoms with E-state index in [0.717, 1.165) is 28.5 Å². The van der Waals surface area contributed by atoms with Crippen LogP contribution in [0.2, 0.25) is 0 Å². The quantitative estimate of drug-likeness (QED) is 0.325. The van der Waals surface area contributed by atoms with Crippen molar-refractivity contribution in [2.45, 2.75) is 32.0 Å². The standard InChI is InChI=1S/C27H24FN3O2S/c1-17(2)32-21-12-10-20(11-13-21)31-26(25(30-27(31)34)22-5-3-4-16-29-22)24-15-14-23(33-24)18-6-8-19(28)9-7-18/h3-17,25-26H,1-2H3,(H,30,34)/t25-,26-/m0/s1. The number of anilines is 1. The summed E-state index contributed by atoms with van der Waals surface area (Å²) in [6.07, 6.45) is 1.86. The Morgan fingerprint density at radius 2 is 1.76 bits per heavy atom. The maximum absolute atomic E-state index is 13.4. The first-order valence-electron chi connectivity index (χ1n) is 11.1. The highest BCUT2D eigenvalue weighted by Gasteiger charge is 2.42. The smallest absolute Gasteiger partial charge is 0.174 e. The molecule has 0 saturated carbocycles. The summed E-state index contributed by atoms with van der Waals surface area (Å²) >= 11 is 5.77. The Morgan fingerprint density at radius 1 is 1.00 bits per heavy atom. The van der Waals surface area contributed by atoms with Gasteiger partial charge in [0.1, 0.15) is 29.1 Å². The molecule has 2 aromatic heterocycles. The molecule has 1 saturated heterocycles. The number of benzene rings is 2. The summed E-state index contributed by atoms with van der Waals surface area (Å²) in [6.45, 7) is 3.99. The average Bonchev–Trinajstić information content (AvgIpc) is 3.45. The summed E-state index contributed by atoms with van der Waals surface area (Å²) in [5.74, 6) is 1.90. The Hall–Kier alpha value is -3.71. The van der Waals surface area contributed by atoms with Crippen molar-refractivity contribution < 1.29 is 13.5 Å². The van der Waals surface area contributed by atoms with E-state index >= 15 is 0 Å². The van der Waals surface area contributed by atoms with Gasteiger partial charge in [0.2, 0.25) is 0 Å². The van der Waals surface area contributed by atoms with Crippen molar-refractivity contribution >= 4 is 23.0 Å². The fourth-order valence-electron chi connectivity index (χ4n) is 4.16. The normalized spacial score (nSPS) is 17.8. The lowest BCUT2D eigenvalue weighted by molar-refractivity contribution is 0.242. The topological polar surface area (TPSA) is 50.5 Å². The van der Waals surface area contributed by atoms with Crippen LogP contribution in [-0.4, -0.2) is 16.2 Å². The van der Waals surface area contributed by atoms with E-state index in [9.17, 15) is 4.39 Å². The van der Waals surface area contributed by atoms with Gasteiger partial charge in [-0.3, -0.25) is 4.98 Å². The first kappa shape index (κ1) is 22.1. The third-order valence-corrected chi connectivity index (χ3v) is 5.95. The predicted molar refractivity (Wildman–Crippen MR) is 134 cm³/mol.